The number of carbonyl (C=O) groups excluding carboxylic acids is 1. The second-order valence-corrected chi connectivity index (χ2v) is 6.93. The number of H-pyrrole nitrogens is 1. The molecule has 0 unspecified atom stereocenters. The molecule has 1 aromatic carbocycles. The smallest absolute Gasteiger partial charge is 0.271 e. The molecule has 3 heterocycles. The molecule has 1 aliphatic heterocycles. The SMILES string of the molecule is O=C(c1cc(=O)n(-c2ccccc2)[nH]1)N1CCC(O)(Cn2ccnc2)CC1. The third kappa shape index (κ3) is 3.56. The van der Waals surface area contributed by atoms with E-state index >= 15 is 0 Å². The van der Waals surface area contributed by atoms with E-state index in [0.717, 1.165) is 0 Å². The molecule has 0 radical (unpaired) electrons. The maximum absolute atomic E-state index is 12.8. The number of nitrogens with one attached hydrogen (secondary N) is 1. The lowest BCUT2D eigenvalue weighted by Gasteiger charge is -2.38. The number of benzene rings is 1. The van der Waals surface area contributed by atoms with Crippen LogP contribution in [0.4, 0.5) is 0 Å². The Morgan fingerprint density at radius 2 is 1.96 bits per heavy atom. The summed E-state index contributed by atoms with van der Waals surface area (Å²) in [6.07, 6.45) is 6.11. The van der Waals surface area contributed by atoms with Crippen molar-refractivity contribution in [2.45, 2.75) is 25.0 Å². The Morgan fingerprint density at radius 3 is 2.63 bits per heavy atom. The number of piperidine rings is 1. The van der Waals surface area contributed by atoms with Crippen LogP contribution in [0.3, 0.4) is 0 Å². The van der Waals surface area contributed by atoms with E-state index in [1.807, 2.05) is 29.0 Å². The van der Waals surface area contributed by atoms with E-state index in [2.05, 4.69) is 10.1 Å². The number of rotatable bonds is 4. The van der Waals surface area contributed by atoms with Crippen LogP contribution in [-0.4, -0.2) is 53.9 Å². The van der Waals surface area contributed by atoms with Crippen molar-refractivity contribution in [1.82, 2.24) is 24.2 Å². The number of aliphatic hydroxyl groups is 1. The molecule has 4 rings (SSSR count). The second kappa shape index (κ2) is 6.88. The van der Waals surface area contributed by atoms with E-state index in [9.17, 15) is 14.7 Å². The highest BCUT2D eigenvalue weighted by Crippen LogP contribution is 2.25. The van der Waals surface area contributed by atoms with Crippen molar-refractivity contribution in [3.8, 4) is 5.69 Å². The van der Waals surface area contributed by atoms with Crippen molar-refractivity contribution in [2.75, 3.05) is 13.1 Å². The minimum atomic E-state index is -0.860. The van der Waals surface area contributed by atoms with Gasteiger partial charge in [0, 0.05) is 31.5 Å². The molecule has 0 spiro atoms. The quantitative estimate of drug-likeness (QED) is 0.720. The molecule has 0 atom stereocenters. The number of imidazole rings is 1. The first kappa shape index (κ1) is 17.3. The molecule has 2 N–H and O–H groups in total. The van der Waals surface area contributed by atoms with Gasteiger partial charge >= 0.3 is 0 Å². The van der Waals surface area contributed by atoms with E-state index in [4.69, 9.17) is 0 Å². The van der Waals surface area contributed by atoms with Crippen molar-refractivity contribution in [1.29, 1.82) is 0 Å². The van der Waals surface area contributed by atoms with Gasteiger partial charge in [0.2, 0.25) is 0 Å². The van der Waals surface area contributed by atoms with Gasteiger partial charge in [-0.15, -0.1) is 0 Å². The van der Waals surface area contributed by atoms with Crippen LogP contribution in [0.5, 0.6) is 0 Å². The highest BCUT2D eigenvalue weighted by molar-refractivity contribution is 5.92. The Labute approximate surface area is 155 Å². The predicted octanol–water partition coefficient (Wildman–Crippen LogP) is 1.03. The molecule has 3 aromatic rings. The van der Waals surface area contributed by atoms with Crippen LogP contribution in [0.2, 0.25) is 0 Å². The van der Waals surface area contributed by atoms with Gasteiger partial charge in [0.1, 0.15) is 5.69 Å². The van der Waals surface area contributed by atoms with Gasteiger partial charge in [-0.05, 0) is 25.0 Å². The normalized spacial score (nSPS) is 16.4. The number of aromatic amines is 1. The number of carbonyl (C=O) groups is 1. The molecule has 0 aliphatic carbocycles. The molecule has 0 bridgehead atoms. The van der Waals surface area contributed by atoms with Gasteiger partial charge in [0.15, 0.2) is 0 Å². The molecule has 1 amide bonds. The molecular weight excluding hydrogens is 346 g/mol. The molecule has 1 aliphatic rings. The fraction of sp³-hybridized carbons (Fsp3) is 0.316. The summed E-state index contributed by atoms with van der Waals surface area (Å²) >= 11 is 0. The van der Waals surface area contributed by atoms with E-state index in [-0.39, 0.29) is 17.2 Å². The second-order valence-electron chi connectivity index (χ2n) is 6.93. The zero-order chi connectivity index (χ0) is 18.9. The highest BCUT2D eigenvalue weighted by Gasteiger charge is 2.35. The molecule has 8 nitrogen and oxygen atoms in total. The zero-order valence-corrected chi connectivity index (χ0v) is 14.8. The van der Waals surface area contributed by atoms with Gasteiger partial charge in [-0.2, -0.15) is 0 Å². The fourth-order valence-electron chi connectivity index (χ4n) is 3.45. The Balaban J connectivity index is 1.45. The van der Waals surface area contributed by atoms with Crippen molar-refractivity contribution >= 4 is 5.91 Å². The van der Waals surface area contributed by atoms with Gasteiger partial charge in [-0.1, -0.05) is 18.2 Å². The lowest BCUT2D eigenvalue weighted by atomic mass is 9.91. The first-order valence-electron chi connectivity index (χ1n) is 8.89. The van der Waals surface area contributed by atoms with Crippen LogP contribution in [0.25, 0.3) is 5.69 Å². The Bertz CT molecular complexity index is 966. The third-order valence-corrected chi connectivity index (χ3v) is 4.98. The summed E-state index contributed by atoms with van der Waals surface area (Å²) in [6, 6.07) is 10.4. The molecule has 1 saturated heterocycles. The summed E-state index contributed by atoms with van der Waals surface area (Å²) in [4.78, 5) is 30.6. The number of hydrogen-bond donors (Lipinski definition) is 2. The minimum absolute atomic E-state index is 0.230. The average Bonchev–Trinajstić information content (AvgIpc) is 3.32. The Hall–Kier alpha value is -3.13. The molecule has 8 heteroatoms. The van der Waals surface area contributed by atoms with E-state index in [0.29, 0.717) is 38.2 Å². The van der Waals surface area contributed by atoms with Crippen LogP contribution >= 0.6 is 0 Å². The Morgan fingerprint density at radius 1 is 1.22 bits per heavy atom. The molecule has 1 fully saturated rings. The first-order chi connectivity index (χ1) is 13.0. The van der Waals surface area contributed by atoms with Crippen molar-refractivity contribution in [3.05, 3.63) is 71.2 Å². The third-order valence-electron chi connectivity index (χ3n) is 4.98. The number of likely N-dealkylation sites (tertiary alicyclic amines) is 1. The van der Waals surface area contributed by atoms with E-state index in [1.165, 1.54) is 10.7 Å². The summed E-state index contributed by atoms with van der Waals surface area (Å²) in [6.45, 7) is 1.32. The summed E-state index contributed by atoms with van der Waals surface area (Å²) < 4.78 is 3.20. The van der Waals surface area contributed by atoms with Crippen molar-refractivity contribution < 1.29 is 9.90 Å². The van der Waals surface area contributed by atoms with Crippen LogP contribution in [0.1, 0.15) is 23.3 Å². The topological polar surface area (TPSA) is 96.1 Å². The molecule has 2 aromatic heterocycles. The van der Waals surface area contributed by atoms with Gasteiger partial charge in [0.05, 0.1) is 24.2 Å². The van der Waals surface area contributed by atoms with Crippen LogP contribution in [0.15, 0.2) is 59.9 Å². The van der Waals surface area contributed by atoms with Gasteiger partial charge in [0.25, 0.3) is 11.5 Å². The van der Waals surface area contributed by atoms with Gasteiger partial charge in [-0.3, -0.25) is 14.7 Å². The lowest BCUT2D eigenvalue weighted by Crippen LogP contribution is -2.48. The number of amides is 1. The minimum Gasteiger partial charge on any atom is -0.388 e. The Kier molecular flexibility index (Phi) is 4.41. The molecule has 27 heavy (non-hydrogen) atoms. The molecular formula is C19H21N5O3. The molecule has 0 saturated carbocycles. The summed E-state index contributed by atoms with van der Waals surface area (Å²) in [5, 5.41) is 13.7. The van der Waals surface area contributed by atoms with Crippen LogP contribution < -0.4 is 5.56 Å². The first-order valence-corrected chi connectivity index (χ1v) is 8.89. The van der Waals surface area contributed by atoms with Crippen molar-refractivity contribution in [2.24, 2.45) is 0 Å². The maximum atomic E-state index is 12.8. The number of nitrogens with zero attached hydrogens (tertiary/aromatic N) is 4. The fourth-order valence-corrected chi connectivity index (χ4v) is 3.45. The zero-order valence-electron chi connectivity index (χ0n) is 14.8. The largest absolute Gasteiger partial charge is 0.388 e. The number of hydrogen-bond acceptors (Lipinski definition) is 4. The van der Waals surface area contributed by atoms with Crippen LogP contribution in [-0.2, 0) is 6.54 Å². The van der Waals surface area contributed by atoms with Crippen LogP contribution in [0, 0.1) is 0 Å². The van der Waals surface area contributed by atoms with Gasteiger partial charge < -0.3 is 14.6 Å². The van der Waals surface area contributed by atoms with Gasteiger partial charge in [-0.25, -0.2) is 9.67 Å². The maximum Gasteiger partial charge on any atom is 0.271 e. The van der Waals surface area contributed by atoms with E-state index in [1.54, 1.807) is 29.6 Å². The lowest BCUT2D eigenvalue weighted by molar-refractivity contribution is -0.0293. The predicted molar refractivity (Wildman–Crippen MR) is 98.7 cm³/mol. The van der Waals surface area contributed by atoms with E-state index < -0.39 is 5.60 Å². The molecule has 140 valence electrons. The van der Waals surface area contributed by atoms with Crippen molar-refractivity contribution in [3.63, 3.8) is 0 Å². The summed E-state index contributed by atoms with van der Waals surface area (Å²) in [5.41, 5.74) is -0.210. The monoisotopic (exact) mass is 367 g/mol. The number of aromatic nitrogens is 4. The highest BCUT2D eigenvalue weighted by atomic mass is 16.3. The standard InChI is InChI=1S/C19H21N5O3/c25-17-12-16(21-24(17)15-4-2-1-3-5-15)18(26)23-9-6-19(27,7-10-23)13-22-11-8-20-14-22/h1-5,8,11-12,14,21,27H,6-7,9-10,13H2. The summed E-state index contributed by atoms with van der Waals surface area (Å²) in [5.74, 6) is -0.230. The number of para-hydroxylation sites is 1. The average molecular weight is 367 g/mol. The summed E-state index contributed by atoms with van der Waals surface area (Å²) in [7, 11) is 0.